The Morgan fingerprint density at radius 3 is 2.72 bits per heavy atom. The summed E-state index contributed by atoms with van der Waals surface area (Å²) in [5.74, 6) is 0.845. The van der Waals surface area contributed by atoms with Gasteiger partial charge in [0.15, 0.2) is 5.96 Å². The second-order valence-electron chi connectivity index (χ2n) is 7.23. The Labute approximate surface area is 190 Å². The molecule has 0 saturated carbocycles. The van der Waals surface area contributed by atoms with Crippen molar-refractivity contribution in [3.63, 3.8) is 0 Å². The van der Waals surface area contributed by atoms with E-state index >= 15 is 0 Å². The van der Waals surface area contributed by atoms with E-state index in [2.05, 4.69) is 54.6 Å². The number of aliphatic imine (C=N–C) groups is 1. The number of aromatic nitrogens is 4. The zero-order valence-corrected chi connectivity index (χ0v) is 20.3. The minimum Gasteiger partial charge on any atom is -0.357 e. The second-order valence-corrected chi connectivity index (χ2v) is 7.23. The van der Waals surface area contributed by atoms with E-state index in [4.69, 9.17) is 4.99 Å². The maximum Gasteiger partial charge on any atom is 0.191 e. The molecule has 1 unspecified atom stereocenters. The number of pyridine rings is 1. The van der Waals surface area contributed by atoms with Crippen LogP contribution in [-0.4, -0.2) is 44.3 Å². The number of rotatable bonds is 7. The number of imidazole rings is 1. The Hall–Kier alpha value is -2.10. The summed E-state index contributed by atoms with van der Waals surface area (Å²) >= 11 is 0. The summed E-state index contributed by atoms with van der Waals surface area (Å²) in [5, 5.41) is 11.4. The van der Waals surface area contributed by atoms with Crippen molar-refractivity contribution in [3.05, 3.63) is 53.2 Å². The molecule has 158 valence electrons. The Bertz CT molecular complexity index is 924. The molecule has 0 aliphatic heterocycles. The van der Waals surface area contributed by atoms with Gasteiger partial charge in [-0.1, -0.05) is 6.07 Å². The third-order valence-electron chi connectivity index (χ3n) is 4.95. The summed E-state index contributed by atoms with van der Waals surface area (Å²) in [7, 11) is 1.99. The molecule has 0 fully saturated rings. The molecular formula is C21H32IN7. The Kier molecular flexibility index (Phi) is 8.48. The predicted octanol–water partition coefficient (Wildman–Crippen LogP) is 3.03. The highest BCUT2D eigenvalue weighted by Crippen LogP contribution is 2.14. The van der Waals surface area contributed by atoms with Gasteiger partial charge < -0.3 is 15.0 Å². The van der Waals surface area contributed by atoms with Crippen molar-refractivity contribution in [3.8, 4) is 0 Å². The largest absolute Gasteiger partial charge is 0.357 e. The summed E-state index contributed by atoms with van der Waals surface area (Å²) in [6.45, 7) is 9.98. The van der Waals surface area contributed by atoms with E-state index in [0.29, 0.717) is 6.54 Å². The number of fused-ring (bicyclic) bond motifs is 1. The van der Waals surface area contributed by atoms with E-state index in [1.54, 1.807) is 0 Å². The summed E-state index contributed by atoms with van der Waals surface area (Å²) in [4.78, 5) is 9.37. The van der Waals surface area contributed by atoms with Crippen LogP contribution in [0.2, 0.25) is 0 Å². The first-order valence-corrected chi connectivity index (χ1v) is 9.94. The molecule has 0 radical (unpaired) electrons. The fourth-order valence-electron chi connectivity index (χ4n) is 3.41. The first-order valence-electron chi connectivity index (χ1n) is 9.94. The number of halogens is 1. The third-order valence-corrected chi connectivity index (χ3v) is 4.95. The molecule has 2 N–H and O–H groups in total. The second kappa shape index (κ2) is 10.6. The molecule has 1 atom stereocenters. The van der Waals surface area contributed by atoms with Crippen molar-refractivity contribution in [2.45, 2.75) is 46.6 Å². The molecule has 0 amide bonds. The molecule has 7 nitrogen and oxygen atoms in total. The molecule has 3 aromatic rings. The zero-order chi connectivity index (χ0) is 20.1. The van der Waals surface area contributed by atoms with Gasteiger partial charge in [0.05, 0.1) is 11.4 Å². The molecular weight excluding hydrogens is 477 g/mol. The van der Waals surface area contributed by atoms with Gasteiger partial charge in [0.1, 0.15) is 5.65 Å². The minimum absolute atomic E-state index is 0. The fourth-order valence-corrected chi connectivity index (χ4v) is 3.41. The third kappa shape index (κ3) is 5.94. The Morgan fingerprint density at radius 1 is 1.28 bits per heavy atom. The van der Waals surface area contributed by atoms with E-state index in [1.807, 2.05) is 40.5 Å². The lowest BCUT2D eigenvalue weighted by atomic mass is 10.1. The summed E-state index contributed by atoms with van der Waals surface area (Å²) in [6, 6.07) is 6.29. The van der Waals surface area contributed by atoms with Gasteiger partial charge in [-0.2, -0.15) is 5.10 Å². The van der Waals surface area contributed by atoms with Gasteiger partial charge in [0.2, 0.25) is 0 Å². The topological polar surface area (TPSA) is 71.5 Å². The number of aryl methyl sites for hydroxylation is 2. The number of hydrogen-bond donors (Lipinski definition) is 2. The molecule has 8 heteroatoms. The smallest absolute Gasteiger partial charge is 0.191 e. The van der Waals surface area contributed by atoms with Gasteiger partial charge in [-0.3, -0.25) is 9.67 Å². The molecule has 3 rings (SSSR count). The van der Waals surface area contributed by atoms with Crippen molar-refractivity contribution in [1.82, 2.24) is 29.8 Å². The SMILES string of the molecule is CCNC(=NCCc1cn2ccccc2n1)NC(C)Cc1c(C)nn(C)c1C.I. The van der Waals surface area contributed by atoms with Crippen molar-refractivity contribution >= 4 is 35.6 Å². The molecule has 0 bridgehead atoms. The van der Waals surface area contributed by atoms with Gasteiger partial charge in [0, 0.05) is 50.7 Å². The first kappa shape index (κ1) is 23.2. The maximum absolute atomic E-state index is 4.73. The predicted molar refractivity (Wildman–Crippen MR) is 129 cm³/mol. The lowest BCUT2D eigenvalue weighted by Gasteiger charge is -2.18. The van der Waals surface area contributed by atoms with Crippen LogP contribution in [0.1, 0.15) is 36.5 Å². The van der Waals surface area contributed by atoms with Crippen molar-refractivity contribution in [1.29, 1.82) is 0 Å². The van der Waals surface area contributed by atoms with Gasteiger partial charge in [0.25, 0.3) is 0 Å². The molecule has 0 saturated heterocycles. The lowest BCUT2D eigenvalue weighted by Crippen LogP contribution is -2.43. The Balaban J connectivity index is 0.00000300. The number of guanidine groups is 1. The van der Waals surface area contributed by atoms with Crippen molar-refractivity contribution < 1.29 is 0 Å². The molecule has 0 aliphatic rings. The molecule has 3 aromatic heterocycles. The molecule has 3 heterocycles. The van der Waals surface area contributed by atoms with Gasteiger partial charge in [-0.25, -0.2) is 4.98 Å². The molecule has 0 aromatic carbocycles. The van der Waals surface area contributed by atoms with E-state index < -0.39 is 0 Å². The monoisotopic (exact) mass is 509 g/mol. The quantitative estimate of drug-likeness (QED) is 0.292. The normalized spacial score (nSPS) is 12.7. The highest BCUT2D eigenvalue weighted by Gasteiger charge is 2.14. The summed E-state index contributed by atoms with van der Waals surface area (Å²) in [5.41, 5.74) is 5.66. The van der Waals surface area contributed by atoms with Gasteiger partial charge in [-0.05, 0) is 51.8 Å². The average Bonchev–Trinajstić information content (AvgIpc) is 3.17. The van der Waals surface area contributed by atoms with Crippen molar-refractivity contribution in [2.75, 3.05) is 13.1 Å². The van der Waals surface area contributed by atoms with Gasteiger partial charge >= 0.3 is 0 Å². The van der Waals surface area contributed by atoms with Crippen LogP contribution in [0.5, 0.6) is 0 Å². The molecule has 0 aliphatic carbocycles. The standard InChI is InChI=1S/C21H31N7.HI/c1-6-22-21(24-15(2)13-19-16(3)26-27(5)17(19)4)23-11-10-18-14-28-12-8-7-9-20(28)25-18;/h7-9,12,14-15H,6,10-11,13H2,1-5H3,(H2,22,23,24);1H. The first-order chi connectivity index (χ1) is 13.5. The van der Waals surface area contributed by atoms with Crippen LogP contribution >= 0.6 is 24.0 Å². The van der Waals surface area contributed by atoms with E-state index in [-0.39, 0.29) is 30.0 Å². The molecule has 0 spiro atoms. The molecule has 29 heavy (non-hydrogen) atoms. The van der Waals surface area contributed by atoms with E-state index in [9.17, 15) is 0 Å². The lowest BCUT2D eigenvalue weighted by molar-refractivity contribution is 0.635. The maximum atomic E-state index is 4.73. The summed E-state index contributed by atoms with van der Waals surface area (Å²) in [6.07, 6.45) is 5.82. The van der Waals surface area contributed by atoms with Crippen LogP contribution in [0.15, 0.2) is 35.6 Å². The highest BCUT2D eigenvalue weighted by molar-refractivity contribution is 14.0. The number of nitrogens with zero attached hydrogens (tertiary/aromatic N) is 5. The van der Waals surface area contributed by atoms with E-state index in [0.717, 1.165) is 42.4 Å². The van der Waals surface area contributed by atoms with Crippen LogP contribution in [0, 0.1) is 13.8 Å². The van der Waals surface area contributed by atoms with Gasteiger partial charge in [-0.15, -0.1) is 24.0 Å². The van der Waals surface area contributed by atoms with E-state index in [1.165, 1.54) is 11.3 Å². The highest BCUT2D eigenvalue weighted by atomic mass is 127. The number of hydrogen-bond acceptors (Lipinski definition) is 3. The fraction of sp³-hybridized carbons (Fsp3) is 0.476. The minimum atomic E-state index is 0. The van der Waals surface area contributed by atoms with Crippen LogP contribution in [-0.2, 0) is 19.9 Å². The summed E-state index contributed by atoms with van der Waals surface area (Å²) < 4.78 is 3.99. The van der Waals surface area contributed by atoms with Crippen LogP contribution < -0.4 is 10.6 Å². The Morgan fingerprint density at radius 2 is 2.07 bits per heavy atom. The number of nitrogens with one attached hydrogen (secondary N) is 2. The van der Waals surface area contributed by atoms with Crippen molar-refractivity contribution in [2.24, 2.45) is 12.0 Å². The van der Waals surface area contributed by atoms with Crippen LogP contribution in [0.4, 0.5) is 0 Å². The zero-order valence-electron chi connectivity index (χ0n) is 17.9. The van der Waals surface area contributed by atoms with Crippen LogP contribution in [0.3, 0.4) is 0 Å². The average molecular weight is 509 g/mol. The van der Waals surface area contributed by atoms with Crippen LogP contribution in [0.25, 0.3) is 5.65 Å².